The van der Waals surface area contributed by atoms with Gasteiger partial charge in [0, 0.05) is 0 Å². The van der Waals surface area contributed by atoms with Gasteiger partial charge in [0.25, 0.3) is 0 Å². The van der Waals surface area contributed by atoms with E-state index in [0.29, 0.717) is 11.6 Å². The molecule has 0 saturated heterocycles. The quantitative estimate of drug-likeness (QED) is 0.886. The molecule has 20 heavy (non-hydrogen) atoms. The Labute approximate surface area is 113 Å². The van der Waals surface area contributed by atoms with Gasteiger partial charge in [0.2, 0.25) is 0 Å². The van der Waals surface area contributed by atoms with Crippen LogP contribution in [0.2, 0.25) is 0 Å². The number of hydrogen-bond acceptors (Lipinski definition) is 1. The van der Waals surface area contributed by atoms with Crippen LogP contribution in [0.15, 0.2) is 42.5 Å². The van der Waals surface area contributed by atoms with E-state index in [1.165, 1.54) is 6.07 Å². The number of carboxylic acid groups (broad SMARTS) is 1. The molecule has 5 heteroatoms. The highest BCUT2D eigenvalue weighted by Gasteiger charge is 2.31. The van der Waals surface area contributed by atoms with E-state index in [2.05, 4.69) is 0 Å². The molecule has 0 amide bonds. The molecule has 0 atom stereocenters. The predicted molar refractivity (Wildman–Crippen MR) is 68.6 cm³/mol. The number of benzene rings is 2. The molecule has 0 aromatic heterocycles. The zero-order valence-electron chi connectivity index (χ0n) is 10.5. The van der Waals surface area contributed by atoms with E-state index in [1.807, 2.05) is 6.92 Å². The Bertz CT molecular complexity index is 643. The van der Waals surface area contributed by atoms with E-state index >= 15 is 0 Å². The van der Waals surface area contributed by atoms with Crippen LogP contribution < -0.4 is 0 Å². The van der Waals surface area contributed by atoms with Crippen molar-refractivity contribution >= 4 is 5.97 Å². The number of halogens is 3. The van der Waals surface area contributed by atoms with Gasteiger partial charge >= 0.3 is 12.1 Å². The molecule has 2 rings (SSSR count). The van der Waals surface area contributed by atoms with E-state index in [-0.39, 0.29) is 11.1 Å². The first-order valence-corrected chi connectivity index (χ1v) is 5.80. The molecule has 0 spiro atoms. The number of alkyl halides is 3. The first-order valence-electron chi connectivity index (χ1n) is 5.80. The second-order valence-electron chi connectivity index (χ2n) is 4.47. The number of hydrogen-bond donors (Lipinski definition) is 1. The Kier molecular flexibility index (Phi) is 3.53. The minimum absolute atomic E-state index is 0.234. The summed E-state index contributed by atoms with van der Waals surface area (Å²) in [5.74, 6) is -1.38. The smallest absolute Gasteiger partial charge is 0.416 e. The highest BCUT2D eigenvalue weighted by molar-refractivity contribution is 5.90. The van der Waals surface area contributed by atoms with Gasteiger partial charge in [-0.05, 0) is 36.2 Å². The molecule has 0 aliphatic heterocycles. The zero-order valence-corrected chi connectivity index (χ0v) is 10.5. The summed E-state index contributed by atoms with van der Waals surface area (Å²) in [6, 6.07) is 9.68. The first-order chi connectivity index (χ1) is 9.27. The van der Waals surface area contributed by atoms with Crippen LogP contribution in [-0.2, 0) is 6.18 Å². The maximum absolute atomic E-state index is 12.8. The molecule has 0 aliphatic rings. The van der Waals surface area contributed by atoms with Gasteiger partial charge in [-0.25, -0.2) is 4.79 Å². The lowest BCUT2D eigenvalue weighted by molar-refractivity contribution is -0.137. The molecule has 0 bridgehead atoms. The van der Waals surface area contributed by atoms with Crippen molar-refractivity contribution in [1.82, 2.24) is 0 Å². The summed E-state index contributed by atoms with van der Waals surface area (Å²) in [5.41, 5.74) is 0.406. The largest absolute Gasteiger partial charge is 0.478 e. The lowest BCUT2D eigenvalue weighted by Crippen LogP contribution is -2.08. The fraction of sp³-hybridized carbons (Fsp3) is 0.133. The van der Waals surface area contributed by atoms with Crippen molar-refractivity contribution in [3.8, 4) is 11.1 Å². The third-order valence-corrected chi connectivity index (χ3v) is 2.89. The van der Waals surface area contributed by atoms with Crippen molar-refractivity contribution in [1.29, 1.82) is 0 Å². The molecule has 2 aromatic rings. The number of rotatable bonds is 2. The lowest BCUT2D eigenvalue weighted by atomic mass is 9.99. The molecular weight excluding hydrogens is 269 g/mol. The molecule has 0 heterocycles. The summed E-state index contributed by atoms with van der Waals surface area (Å²) in [4.78, 5) is 11.0. The van der Waals surface area contributed by atoms with Crippen LogP contribution in [0, 0.1) is 6.92 Å². The second kappa shape index (κ2) is 5.00. The van der Waals surface area contributed by atoms with E-state index < -0.39 is 17.7 Å². The Morgan fingerprint density at radius 2 is 1.60 bits per heavy atom. The van der Waals surface area contributed by atoms with Gasteiger partial charge in [-0.2, -0.15) is 13.2 Å². The molecule has 104 valence electrons. The normalized spacial score (nSPS) is 11.4. The monoisotopic (exact) mass is 280 g/mol. The number of aryl methyl sites for hydroxylation is 1. The van der Waals surface area contributed by atoms with Crippen molar-refractivity contribution in [3.63, 3.8) is 0 Å². The minimum atomic E-state index is -4.58. The molecular formula is C15H11F3O2. The van der Waals surface area contributed by atoms with Crippen molar-refractivity contribution in [2.24, 2.45) is 0 Å². The van der Waals surface area contributed by atoms with Gasteiger partial charge in [0.05, 0.1) is 11.1 Å². The van der Waals surface area contributed by atoms with Crippen molar-refractivity contribution in [3.05, 3.63) is 59.2 Å². The summed E-state index contributed by atoms with van der Waals surface area (Å²) in [6.07, 6.45) is -4.58. The van der Waals surface area contributed by atoms with E-state index in [4.69, 9.17) is 5.11 Å². The van der Waals surface area contributed by atoms with Crippen LogP contribution >= 0.6 is 0 Å². The third kappa shape index (κ3) is 2.99. The summed E-state index contributed by atoms with van der Waals surface area (Å²) < 4.78 is 38.4. The van der Waals surface area contributed by atoms with Crippen LogP contribution in [0.3, 0.4) is 0 Å². The van der Waals surface area contributed by atoms with Crippen LogP contribution in [0.4, 0.5) is 13.2 Å². The summed E-state index contributed by atoms with van der Waals surface area (Å²) in [5, 5.41) is 8.92. The van der Waals surface area contributed by atoms with Gasteiger partial charge in [-0.1, -0.05) is 29.8 Å². The second-order valence-corrected chi connectivity index (χ2v) is 4.47. The van der Waals surface area contributed by atoms with Crippen molar-refractivity contribution < 1.29 is 23.1 Å². The third-order valence-electron chi connectivity index (χ3n) is 2.89. The molecule has 0 fully saturated rings. The summed E-state index contributed by atoms with van der Waals surface area (Å²) in [6.45, 7) is 1.86. The molecule has 0 unspecified atom stereocenters. The fourth-order valence-electron chi connectivity index (χ4n) is 1.83. The average Bonchev–Trinajstić information content (AvgIpc) is 2.38. The van der Waals surface area contributed by atoms with E-state index in [1.54, 1.807) is 24.3 Å². The zero-order chi connectivity index (χ0) is 14.9. The fourth-order valence-corrected chi connectivity index (χ4v) is 1.83. The van der Waals surface area contributed by atoms with Crippen molar-refractivity contribution in [2.75, 3.05) is 0 Å². The standard InChI is InChI=1S/C15H11F3O2/c1-9-2-4-10(5-3-9)11-6-12(14(19)20)8-13(7-11)15(16,17)18/h2-8H,1H3,(H,19,20). The van der Waals surface area contributed by atoms with Gasteiger partial charge in [-0.15, -0.1) is 0 Å². The number of aromatic carboxylic acids is 1. The highest BCUT2D eigenvalue weighted by Crippen LogP contribution is 2.33. The predicted octanol–water partition coefficient (Wildman–Crippen LogP) is 4.38. The maximum atomic E-state index is 12.8. The SMILES string of the molecule is Cc1ccc(-c2cc(C(=O)O)cc(C(F)(F)F)c2)cc1. The summed E-state index contributed by atoms with van der Waals surface area (Å²) >= 11 is 0. The van der Waals surface area contributed by atoms with Gasteiger partial charge in [0.1, 0.15) is 0 Å². The molecule has 2 aromatic carbocycles. The summed E-state index contributed by atoms with van der Waals surface area (Å²) in [7, 11) is 0. The Hall–Kier alpha value is -2.30. The highest BCUT2D eigenvalue weighted by atomic mass is 19.4. The molecule has 0 saturated carbocycles. The van der Waals surface area contributed by atoms with Crippen molar-refractivity contribution in [2.45, 2.75) is 13.1 Å². The van der Waals surface area contributed by atoms with Crippen LogP contribution in [0.25, 0.3) is 11.1 Å². The maximum Gasteiger partial charge on any atom is 0.416 e. The Morgan fingerprint density at radius 3 is 2.10 bits per heavy atom. The molecule has 0 radical (unpaired) electrons. The van der Waals surface area contributed by atoms with Gasteiger partial charge in [0.15, 0.2) is 0 Å². The molecule has 2 nitrogen and oxygen atoms in total. The number of carboxylic acids is 1. The molecule has 0 aliphatic carbocycles. The van der Waals surface area contributed by atoms with Gasteiger partial charge < -0.3 is 5.11 Å². The van der Waals surface area contributed by atoms with Crippen LogP contribution in [-0.4, -0.2) is 11.1 Å². The van der Waals surface area contributed by atoms with E-state index in [9.17, 15) is 18.0 Å². The van der Waals surface area contributed by atoms with Crippen LogP contribution in [0.1, 0.15) is 21.5 Å². The van der Waals surface area contributed by atoms with Crippen LogP contribution in [0.5, 0.6) is 0 Å². The minimum Gasteiger partial charge on any atom is -0.478 e. The Balaban J connectivity index is 2.60. The average molecular weight is 280 g/mol. The number of carbonyl (C=O) groups is 1. The van der Waals surface area contributed by atoms with Gasteiger partial charge in [-0.3, -0.25) is 0 Å². The topological polar surface area (TPSA) is 37.3 Å². The lowest BCUT2D eigenvalue weighted by Gasteiger charge is -2.11. The Morgan fingerprint density at radius 1 is 1.00 bits per heavy atom. The first kappa shape index (κ1) is 14.1. The van der Waals surface area contributed by atoms with E-state index in [0.717, 1.165) is 11.6 Å². The molecule has 1 N–H and O–H groups in total.